The smallest absolute Gasteiger partial charge is 0.187 e. The Bertz CT molecular complexity index is 721. The molecule has 1 saturated heterocycles. The Hall–Kier alpha value is -1.50. The maximum atomic E-state index is 5.44. The van der Waals surface area contributed by atoms with E-state index in [0.29, 0.717) is 0 Å². The van der Waals surface area contributed by atoms with Crippen molar-refractivity contribution in [1.29, 1.82) is 0 Å². The van der Waals surface area contributed by atoms with Gasteiger partial charge >= 0.3 is 0 Å². The van der Waals surface area contributed by atoms with E-state index in [1.807, 2.05) is 17.4 Å². The highest BCUT2D eigenvalue weighted by Gasteiger charge is 2.23. The van der Waals surface area contributed by atoms with Crippen molar-refractivity contribution >= 4 is 27.4 Å². The number of thiophene rings is 1. The fourth-order valence-electron chi connectivity index (χ4n) is 3.48. The van der Waals surface area contributed by atoms with Gasteiger partial charge in [-0.1, -0.05) is 6.08 Å². The molecule has 0 aromatic carbocycles. The highest BCUT2D eigenvalue weighted by Crippen LogP contribution is 2.39. The normalized spacial score (nSPS) is 18.3. The molecule has 1 aliphatic carbocycles. The van der Waals surface area contributed by atoms with Crippen LogP contribution >= 0.6 is 11.3 Å². The van der Waals surface area contributed by atoms with E-state index in [2.05, 4.69) is 11.9 Å². The summed E-state index contributed by atoms with van der Waals surface area (Å²) in [7, 11) is 0. The SMILES string of the molecule is C=CCNc1nc(C[NH+]2CCOCC2)nc2sc3c(c12)CCC3. The van der Waals surface area contributed by atoms with Crippen molar-refractivity contribution in [2.75, 3.05) is 38.2 Å². The number of aromatic nitrogens is 2. The highest BCUT2D eigenvalue weighted by molar-refractivity contribution is 7.19. The molecule has 2 aromatic heterocycles. The fourth-order valence-corrected chi connectivity index (χ4v) is 4.76. The Morgan fingerprint density at radius 3 is 2.96 bits per heavy atom. The van der Waals surface area contributed by atoms with Crippen molar-refractivity contribution in [3.63, 3.8) is 0 Å². The molecule has 2 aromatic rings. The first-order valence-electron chi connectivity index (χ1n) is 8.42. The summed E-state index contributed by atoms with van der Waals surface area (Å²) < 4.78 is 5.44. The van der Waals surface area contributed by atoms with Crippen molar-refractivity contribution in [2.24, 2.45) is 0 Å². The Morgan fingerprint density at radius 1 is 1.26 bits per heavy atom. The molecule has 0 atom stereocenters. The molecule has 2 aliphatic rings. The topological polar surface area (TPSA) is 51.5 Å². The van der Waals surface area contributed by atoms with Crippen molar-refractivity contribution in [3.8, 4) is 0 Å². The molecule has 1 aliphatic heterocycles. The van der Waals surface area contributed by atoms with Crippen LogP contribution in [0.1, 0.15) is 22.7 Å². The number of morpholine rings is 1. The fraction of sp³-hybridized carbons (Fsp3) is 0.529. The molecule has 23 heavy (non-hydrogen) atoms. The van der Waals surface area contributed by atoms with Crippen LogP contribution in [0.3, 0.4) is 0 Å². The van der Waals surface area contributed by atoms with Gasteiger partial charge in [0.05, 0.1) is 18.6 Å². The lowest BCUT2D eigenvalue weighted by atomic mass is 10.2. The molecule has 0 bridgehead atoms. The number of nitrogens with zero attached hydrogens (tertiary/aromatic N) is 2. The zero-order chi connectivity index (χ0) is 15.6. The summed E-state index contributed by atoms with van der Waals surface area (Å²) in [6.45, 7) is 9.19. The van der Waals surface area contributed by atoms with Gasteiger partial charge in [-0.3, -0.25) is 0 Å². The molecule has 3 heterocycles. The number of hydrogen-bond donors (Lipinski definition) is 2. The number of nitrogens with one attached hydrogen (secondary N) is 2. The van der Waals surface area contributed by atoms with Gasteiger partial charge < -0.3 is 15.0 Å². The molecular formula is C17H23N4OS+. The maximum absolute atomic E-state index is 5.44. The van der Waals surface area contributed by atoms with Crippen LogP contribution in [0.15, 0.2) is 12.7 Å². The molecule has 1 fully saturated rings. The molecule has 6 heteroatoms. The van der Waals surface area contributed by atoms with Gasteiger partial charge in [-0.25, -0.2) is 9.97 Å². The first-order chi connectivity index (χ1) is 11.3. The predicted molar refractivity (Wildman–Crippen MR) is 93.3 cm³/mol. The second-order valence-electron chi connectivity index (χ2n) is 6.23. The summed E-state index contributed by atoms with van der Waals surface area (Å²) >= 11 is 1.86. The Labute approximate surface area is 140 Å². The van der Waals surface area contributed by atoms with Crippen LogP contribution < -0.4 is 10.2 Å². The highest BCUT2D eigenvalue weighted by atomic mass is 32.1. The molecule has 4 rings (SSSR count). The molecule has 0 saturated carbocycles. The first-order valence-corrected chi connectivity index (χ1v) is 9.24. The second kappa shape index (κ2) is 6.55. The molecule has 0 unspecified atom stereocenters. The van der Waals surface area contributed by atoms with Crippen molar-refractivity contribution in [2.45, 2.75) is 25.8 Å². The van der Waals surface area contributed by atoms with E-state index >= 15 is 0 Å². The molecule has 0 amide bonds. The minimum absolute atomic E-state index is 0.737. The summed E-state index contributed by atoms with van der Waals surface area (Å²) in [5.74, 6) is 1.94. The third-order valence-electron chi connectivity index (χ3n) is 4.63. The lowest BCUT2D eigenvalue weighted by Crippen LogP contribution is -3.12. The quantitative estimate of drug-likeness (QED) is 0.808. The third kappa shape index (κ3) is 2.98. The summed E-state index contributed by atoms with van der Waals surface area (Å²) in [5, 5.41) is 4.69. The van der Waals surface area contributed by atoms with Gasteiger partial charge in [0.1, 0.15) is 30.3 Å². The molecule has 0 radical (unpaired) electrons. The van der Waals surface area contributed by atoms with E-state index in [1.165, 1.54) is 33.6 Å². The monoisotopic (exact) mass is 331 g/mol. The third-order valence-corrected chi connectivity index (χ3v) is 5.82. The minimum atomic E-state index is 0.737. The average molecular weight is 331 g/mol. The molecule has 122 valence electrons. The number of hydrogen-bond acceptors (Lipinski definition) is 5. The van der Waals surface area contributed by atoms with Crippen LogP contribution in [0.25, 0.3) is 10.2 Å². The number of anilines is 1. The molecular weight excluding hydrogens is 308 g/mol. The summed E-state index contributed by atoms with van der Waals surface area (Å²) in [5.41, 5.74) is 1.47. The Kier molecular flexibility index (Phi) is 4.29. The van der Waals surface area contributed by atoms with Crippen molar-refractivity contribution < 1.29 is 9.64 Å². The van der Waals surface area contributed by atoms with E-state index in [-0.39, 0.29) is 0 Å². The van der Waals surface area contributed by atoms with Crippen LogP contribution in [0.4, 0.5) is 5.82 Å². The van der Waals surface area contributed by atoms with Gasteiger partial charge in [-0.2, -0.15) is 0 Å². The minimum Gasteiger partial charge on any atom is -0.370 e. The largest absolute Gasteiger partial charge is 0.370 e. The number of ether oxygens (including phenoxy) is 1. The van der Waals surface area contributed by atoms with Crippen molar-refractivity contribution in [3.05, 3.63) is 28.9 Å². The van der Waals surface area contributed by atoms with Gasteiger partial charge in [0, 0.05) is 11.4 Å². The van der Waals surface area contributed by atoms with Crippen LogP contribution in [-0.2, 0) is 24.1 Å². The lowest BCUT2D eigenvalue weighted by Gasteiger charge is -2.23. The van der Waals surface area contributed by atoms with E-state index in [0.717, 1.165) is 62.3 Å². The average Bonchev–Trinajstić information content (AvgIpc) is 3.14. The molecule has 2 N–H and O–H groups in total. The van der Waals surface area contributed by atoms with Gasteiger partial charge in [-0.15, -0.1) is 17.9 Å². The standard InChI is InChI=1S/C17H22N4OS/c1-2-6-18-16-15-12-4-3-5-13(12)23-17(15)20-14(19-16)11-21-7-9-22-10-8-21/h2H,1,3-11H2,(H,18,19,20)/p+1. The molecule has 0 spiro atoms. The second-order valence-corrected chi connectivity index (χ2v) is 7.32. The van der Waals surface area contributed by atoms with Gasteiger partial charge in [0.2, 0.25) is 0 Å². The number of quaternary nitrogens is 1. The summed E-state index contributed by atoms with van der Waals surface area (Å²) in [6, 6.07) is 0. The van der Waals surface area contributed by atoms with E-state index < -0.39 is 0 Å². The van der Waals surface area contributed by atoms with Gasteiger partial charge in [0.15, 0.2) is 5.82 Å². The van der Waals surface area contributed by atoms with Crippen LogP contribution in [0.2, 0.25) is 0 Å². The van der Waals surface area contributed by atoms with E-state index in [4.69, 9.17) is 14.7 Å². The zero-order valence-electron chi connectivity index (χ0n) is 13.4. The Morgan fingerprint density at radius 2 is 2.13 bits per heavy atom. The van der Waals surface area contributed by atoms with E-state index in [9.17, 15) is 0 Å². The maximum Gasteiger partial charge on any atom is 0.187 e. The summed E-state index contributed by atoms with van der Waals surface area (Å²) in [4.78, 5) is 13.9. The first kappa shape index (κ1) is 15.1. The van der Waals surface area contributed by atoms with Crippen LogP contribution in [0.5, 0.6) is 0 Å². The number of fused-ring (bicyclic) bond motifs is 3. The van der Waals surface area contributed by atoms with Gasteiger partial charge in [-0.05, 0) is 24.8 Å². The van der Waals surface area contributed by atoms with Gasteiger partial charge in [0.25, 0.3) is 0 Å². The molecule has 5 nitrogen and oxygen atoms in total. The predicted octanol–water partition coefficient (Wildman–Crippen LogP) is 1.19. The zero-order valence-corrected chi connectivity index (χ0v) is 14.2. The van der Waals surface area contributed by atoms with Crippen molar-refractivity contribution in [1.82, 2.24) is 9.97 Å². The summed E-state index contributed by atoms with van der Waals surface area (Å²) in [6.07, 6.45) is 5.50. The Balaban J connectivity index is 1.69. The number of aryl methyl sites for hydroxylation is 2. The van der Waals surface area contributed by atoms with E-state index in [1.54, 1.807) is 0 Å². The van der Waals surface area contributed by atoms with Crippen LogP contribution in [-0.4, -0.2) is 42.8 Å². The lowest BCUT2D eigenvalue weighted by molar-refractivity contribution is -0.922. The van der Waals surface area contributed by atoms with Crippen LogP contribution in [0, 0.1) is 0 Å². The number of rotatable bonds is 5.